The van der Waals surface area contributed by atoms with Crippen LogP contribution in [0.15, 0.2) is 84.3 Å². The number of nitrogens with zero attached hydrogens (tertiary/aromatic N) is 4. The lowest BCUT2D eigenvalue weighted by Gasteiger charge is -2.18. The Balaban J connectivity index is 1.57. The third-order valence-electron chi connectivity index (χ3n) is 5.83. The van der Waals surface area contributed by atoms with E-state index in [1.165, 1.54) is 11.8 Å². The van der Waals surface area contributed by atoms with Crippen LogP contribution in [0, 0.1) is 0 Å². The van der Waals surface area contributed by atoms with Crippen LogP contribution in [0.25, 0.3) is 11.4 Å². The van der Waals surface area contributed by atoms with Gasteiger partial charge in [0.1, 0.15) is 0 Å². The highest BCUT2D eigenvalue weighted by molar-refractivity contribution is 8.00. The van der Waals surface area contributed by atoms with Gasteiger partial charge in [-0.25, -0.2) is 0 Å². The standard InChI is InChI=1S/C27H29N5OS/c1-4-19(2)23-14-8-9-15-24(23)29-26(33)20(3)34-27-31-30-25(22-13-10-16-28-17-22)32(27)18-21-11-6-5-7-12-21/h5-17,19-20H,4,18H2,1-3H3,(H,29,33)/t19-,20-/m0/s1. The highest BCUT2D eigenvalue weighted by Gasteiger charge is 2.22. The number of pyridine rings is 1. The quantitative estimate of drug-likeness (QED) is 0.302. The molecule has 0 aliphatic heterocycles. The van der Waals surface area contributed by atoms with Crippen LogP contribution in [-0.4, -0.2) is 30.9 Å². The van der Waals surface area contributed by atoms with Crippen LogP contribution < -0.4 is 5.32 Å². The molecule has 6 nitrogen and oxygen atoms in total. The van der Waals surface area contributed by atoms with Gasteiger partial charge in [0.2, 0.25) is 5.91 Å². The molecule has 2 atom stereocenters. The van der Waals surface area contributed by atoms with Gasteiger partial charge in [0, 0.05) is 23.6 Å². The molecule has 174 valence electrons. The number of aromatic nitrogens is 4. The summed E-state index contributed by atoms with van der Waals surface area (Å²) < 4.78 is 2.05. The Labute approximate surface area is 204 Å². The first-order chi connectivity index (χ1) is 16.6. The predicted molar refractivity (Wildman–Crippen MR) is 138 cm³/mol. The van der Waals surface area contributed by atoms with Crippen molar-refractivity contribution in [3.8, 4) is 11.4 Å². The van der Waals surface area contributed by atoms with Crippen LogP contribution in [-0.2, 0) is 11.3 Å². The van der Waals surface area contributed by atoms with E-state index in [2.05, 4.69) is 52.5 Å². The zero-order valence-electron chi connectivity index (χ0n) is 19.7. The average Bonchev–Trinajstić information content (AvgIpc) is 3.26. The number of amides is 1. The van der Waals surface area contributed by atoms with E-state index >= 15 is 0 Å². The second-order valence-corrected chi connectivity index (χ2v) is 9.57. The SMILES string of the molecule is CC[C@H](C)c1ccccc1NC(=O)[C@H](C)Sc1nnc(-c2cccnc2)n1Cc1ccccc1. The van der Waals surface area contributed by atoms with Crippen molar-refractivity contribution in [3.63, 3.8) is 0 Å². The number of para-hydroxylation sites is 1. The summed E-state index contributed by atoms with van der Waals surface area (Å²) in [4.78, 5) is 17.4. The molecular weight excluding hydrogens is 442 g/mol. The van der Waals surface area contributed by atoms with Crippen molar-refractivity contribution in [2.24, 2.45) is 0 Å². The van der Waals surface area contributed by atoms with Gasteiger partial charge in [-0.3, -0.25) is 14.3 Å². The van der Waals surface area contributed by atoms with Gasteiger partial charge in [0.15, 0.2) is 11.0 Å². The summed E-state index contributed by atoms with van der Waals surface area (Å²) in [5.41, 5.74) is 4.05. The summed E-state index contributed by atoms with van der Waals surface area (Å²) in [7, 11) is 0. The largest absolute Gasteiger partial charge is 0.325 e. The number of hydrogen-bond acceptors (Lipinski definition) is 5. The fourth-order valence-corrected chi connectivity index (χ4v) is 4.55. The van der Waals surface area contributed by atoms with Crippen LogP contribution in [0.2, 0.25) is 0 Å². The van der Waals surface area contributed by atoms with Crippen LogP contribution >= 0.6 is 11.8 Å². The minimum absolute atomic E-state index is 0.0575. The monoisotopic (exact) mass is 471 g/mol. The summed E-state index contributed by atoms with van der Waals surface area (Å²) in [5.74, 6) is 1.04. The van der Waals surface area contributed by atoms with Crippen molar-refractivity contribution >= 4 is 23.4 Å². The number of carbonyl (C=O) groups is 1. The summed E-state index contributed by atoms with van der Waals surface area (Å²) in [6.45, 7) is 6.83. The van der Waals surface area contributed by atoms with E-state index in [0.29, 0.717) is 17.6 Å². The number of anilines is 1. The van der Waals surface area contributed by atoms with Crippen molar-refractivity contribution < 1.29 is 4.79 Å². The highest BCUT2D eigenvalue weighted by atomic mass is 32.2. The molecule has 0 bridgehead atoms. The number of hydrogen-bond donors (Lipinski definition) is 1. The van der Waals surface area contributed by atoms with Gasteiger partial charge in [-0.05, 0) is 48.6 Å². The van der Waals surface area contributed by atoms with E-state index in [4.69, 9.17) is 0 Å². The van der Waals surface area contributed by atoms with Crippen LogP contribution in [0.5, 0.6) is 0 Å². The molecule has 4 rings (SSSR count). The Bertz CT molecular complexity index is 1230. The lowest BCUT2D eigenvalue weighted by Crippen LogP contribution is -2.24. The second-order valence-electron chi connectivity index (χ2n) is 8.27. The minimum atomic E-state index is -0.356. The molecule has 0 radical (unpaired) electrons. The predicted octanol–water partition coefficient (Wildman–Crippen LogP) is 6.02. The molecule has 2 aromatic carbocycles. The summed E-state index contributed by atoms with van der Waals surface area (Å²) in [6.07, 6.45) is 4.53. The zero-order valence-corrected chi connectivity index (χ0v) is 20.5. The van der Waals surface area contributed by atoms with Crippen LogP contribution in [0.4, 0.5) is 5.69 Å². The first kappa shape index (κ1) is 23.7. The Kier molecular flexibility index (Phi) is 7.75. The maximum Gasteiger partial charge on any atom is 0.237 e. The van der Waals surface area contributed by atoms with Crippen molar-refractivity contribution in [3.05, 3.63) is 90.3 Å². The van der Waals surface area contributed by atoms with Crippen LogP contribution in [0.1, 0.15) is 44.2 Å². The number of rotatable bonds is 9. The summed E-state index contributed by atoms with van der Waals surface area (Å²) in [6, 6.07) is 22.0. The molecule has 0 fully saturated rings. The molecule has 0 aliphatic rings. The van der Waals surface area contributed by atoms with Gasteiger partial charge in [-0.15, -0.1) is 10.2 Å². The molecule has 2 heterocycles. The van der Waals surface area contributed by atoms with E-state index in [-0.39, 0.29) is 11.2 Å². The fraction of sp³-hybridized carbons (Fsp3) is 0.259. The molecule has 0 spiro atoms. The number of carbonyl (C=O) groups excluding carboxylic acids is 1. The van der Waals surface area contributed by atoms with Gasteiger partial charge in [0.25, 0.3) is 0 Å². The summed E-state index contributed by atoms with van der Waals surface area (Å²) >= 11 is 1.41. The first-order valence-corrected chi connectivity index (χ1v) is 12.4. The van der Waals surface area contributed by atoms with Gasteiger partial charge in [-0.2, -0.15) is 0 Å². The minimum Gasteiger partial charge on any atom is -0.325 e. The Hall–Kier alpha value is -3.45. The normalized spacial score (nSPS) is 12.8. The van der Waals surface area contributed by atoms with Crippen LogP contribution in [0.3, 0.4) is 0 Å². The maximum atomic E-state index is 13.1. The van der Waals surface area contributed by atoms with Gasteiger partial charge in [-0.1, -0.05) is 74.1 Å². The molecule has 1 N–H and O–H groups in total. The summed E-state index contributed by atoms with van der Waals surface area (Å²) in [5, 5.41) is 12.4. The lowest BCUT2D eigenvalue weighted by atomic mass is 9.97. The van der Waals surface area contributed by atoms with Gasteiger partial charge < -0.3 is 5.32 Å². The molecule has 0 saturated carbocycles. The topological polar surface area (TPSA) is 72.7 Å². The van der Waals surface area contributed by atoms with E-state index in [1.54, 1.807) is 12.4 Å². The maximum absolute atomic E-state index is 13.1. The third kappa shape index (κ3) is 5.54. The van der Waals surface area contributed by atoms with Crippen molar-refractivity contribution in [2.45, 2.75) is 50.1 Å². The molecule has 1 amide bonds. The molecule has 34 heavy (non-hydrogen) atoms. The average molecular weight is 472 g/mol. The highest BCUT2D eigenvalue weighted by Crippen LogP contribution is 2.30. The van der Waals surface area contributed by atoms with E-state index in [0.717, 1.165) is 34.6 Å². The molecule has 0 aliphatic carbocycles. The number of nitrogens with one attached hydrogen (secondary N) is 1. The Morgan fingerprint density at radius 2 is 1.76 bits per heavy atom. The molecular formula is C27H29N5OS. The third-order valence-corrected chi connectivity index (χ3v) is 6.91. The van der Waals surface area contributed by atoms with Gasteiger partial charge >= 0.3 is 0 Å². The molecule has 0 unspecified atom stereocenters. The van der Waals surface area contributed by atoms with E-state index in [1.807, 2.05) is 60.0 Å². The lowest BCUT2D eigenvalue weighted by molar-refractivity contribution is -0.115. The Morgan fingerprint density at radius 1 is 1.00 bits per heavy atom. The fourth-order valence-electron chi connectivity index (χ4n) is 3.70. The van der Waals surface area contributed by atoms with E-state index < -0.39 is 0 Å². The second kappa shape index (κ2) is 11.1. The number of thioether (sulfide) groups is 1. The van der Waals surface area contributed by atoms with E-state index in [9.17, 15) is 4.79 Å². The van der Waals surface area contributed by atoms with Gasteiger partial charge in [0.05, 0.1) is 11.8 Å². The number of benzene rings is 2. The zero-order chi connectivity index (χ0) is 23.9. The molecule has 4 aromatic rings. The first-order valence-electron chi connectivity index (χ1n) is 11.5. The Morgan fingerprint density at radius 3 is 2.50 bits per heavy atom. The van der Waals surface area contributed by atoms with Crippen molar-refractivity contribution in [2.75, 3.05) is 5.32 Å². The van der Waals surface area contributed by atoms with Crippen molar-refractivity contribution in [1.82, 2.24) is 19.7 Å². The molecule has 7 heteroatoms. The smallest absolute Gasteiger partial charge is 0.237 e. The molecule has 0 saturated heterocycles. The molecule has 2 aromatic heterocycles. The van der Waals surface area contributed by atoms with Crippen molar-refractivity contribution in [1.29, 1.82) is 0 Å².